The fourth-order valence-corrected chi connectivity index (χ4v) is 3.91. The molecule has 2 heterocycles. The second-order valence-corrected chi connectivity index (χ2v) is 8.04. The number of halogens is 2. The Kier molecular flexibility index (Phi) is 5.67. The highest BCUT2D eigenvalue weighted by Gasteiger charge is 2.24. The van der Waals surface area contributed by atoms with E-state index in [1.165, 1.54) is 30.0 Å². The highest BCUT2D eigenvalue weighted by molar-refractivity contribution is 8.18. The molecule has 1 fully saturated rings. The van der Waals surface area contributed by atoms with Gasteiger partial charge in [-0.25, -0.2) is 9.79 Å². The zero-order valence-corrected chi connectivity index (χ0v) is 17.4. The molecule has 0 atom stereocenters. The van der Waals surface area contributed by atoms with E-state index in [0.717, 1.165) is 0 Å². The van der Waals surface area contributed by atoms with E-state index in [4.69, 9.17) is 32.7 Å². The number of furan rings is 1. The maximum Gasteiger partial charge on any atom is 0.335 e. The number of thioether (sulfide) groups is 1. The number of carboxylic acid groups (broad SMARTS) is 1. The summed E-state index contributed by atoms with van der Waals surface area (Å²) >= 11 is 13.3. The van der Waals surface area contributed by atoms with Gasteiger partial charge in [-0.1, -0.05) is 29.3 Å². The number of benzene rings is 2. The predicted molar refractivity (Wildman–Crippen MR) is 118 cm³/mol. The molecule has 3 aromatic rings. The van der Waals surface area contributed by atoms with E-state index >= 15 is 0 Å². The van der Waals surface area contributed by atoms with Crippen molar-refractivity contribution in [2.45, 2.75) is 0 Å². The van der Waals surface area contributed by atoms with E-state index in [2.05, 4.69) is 10.3 Å². The van der Waals surface area contributed by atoms with Crippen molar-refractivity contribution in [2.24, 2.45) is 4.99 Å². The largest absolute Gasteiger partial charge is 0.478 e. The maximum absolute atomic E-state index is 12.3. The van der Waals surface area contributed by atoms with E-state index < -0.39 is 5.97 Å². The van der Waals surface area contributed by atoms with Crippen LogP contribution in [-0.4, -0.2) is 22.2 Å². The lowest BCUT2D eigenvalue weighted by Gasteiger charge is -2.02. The van der Waals surface area contributed by atoms with Gasteiger partial charge < -0.3 is 14.8 Å². The number of nitrogens with zero attached hydrogens (tertiary/aromatic N) is 1. The number of aliphatic imine (C=N–C) groups is 1. The molecule has 30 heavy (non-hydrogen) atoms. The molecule has 2 N–H and O–H groups in total. The van der Waals surface area contributed by atoms with Crippen LogP contribution in [0.15, 0.2) is 68.9 Å². The van der Waals surface area contributed by atoms with Crippen molar-refractivity contribution in [3.8, 4) is 11.3 Å². The predicted octanol–water partition coefficient (Wildman–Crippen LogP) is 5.84. The monoisotopic (exact) mass is 458 g/mol. The quantitative estimate of drug-likeness (QED) is 0.478. The van der Waals surface area contributed by atoms with E-state index in [1.807, 2.05) is 0 Å². The third-order valence-electron chi connectivity index (χ3n) is 4.07. The molecule has 0 unspecified atom stereocenters. The van der Waals surface area contributed by atoms with E-state index in [1.54, 1.807) is 42.5 Å². The normalized spacial score (nSPS) is 16.3. The molecule has 6 nitrogen and oxygen atoms in total. The van der Waals surface area contributed by atoms with Crippen LogP contribution in [0, 0.1) is 0 Å². The molecule has 1 aliphatic heterocycles. The topological polar surface area (TPSA) is 91.9 Å². The molecule has 150 valence electrons. The summed E-state index contributed by atoms with van der Waals surface area (Å²) in [5, 5.41) is 13.2. The summed E-state index contributed by atoms with van der Waals surface area (Å²) in [6.45, 7) is 0. The summed E-state index contributed by atoms with van der Waals surface area (Å²) < 4.78 is 5.76. The number of carbonyl (C=O) groups excluding carboxylic acids is 1. The summed E-state index contributed by atoms with van der Waals surface area (Å²) in [6, 6.07) is 14.7. The third kappa shape index (κ3) is 4.43. The molecule has 0 aliphatic carbocycles. The molecular formula is C21H12Cl2N2O4S. The Balaban J connectivity index is 1.58. The summed E-state index contributed by atoms with van der Waals surface area (Å²) in [5.41, 5.74) is 1.17. The fourth-order valence-electron chi connectivity index (χ4n) is 2.69. The highest BCUT2D eigenvalue weighted by Crippen LogP contribution is 2.33. The molecule has 0 bridgehead atoms. The fraction of sp³-hybridized carbons (Fsp3) is 0. The van der Waals surface area contributed by atoms with Gasteiger partial charge in [-0.3, -0.25) is 4.79 Å². The van der Waals surface area contributed by atoms with Gasteiger partial charge in [0.25, 0.3) is 5.91 Å². The Morgan fingerprint density at radius 3 is 2.73 bits per heavy atom. The van der Waals surface area contributed by atoms with Crippen molar-refractivity contribution in [3.63, 3.8) is 0 Å². The van der Waals surface area contributed by atoms with Crippen LogP contribution in [0.1, 0.15) is 16.1 Å². The number of hydrogen-bond acceptors (Lipinski definition) is 5. The van der Waals surface area contributed by atoms with Gasteiger partial charge in [-0.15, -0.1) is 0 Å². The van der Waals surface area contributed by atoms with Crippen LogP contribution in [0.4, 0.5) is 5.69 Å². The number of carboxylic acids is 1. The first-order valence-corrected chi connectivity index (χ1v) is 10.1. The van der Waals surface area contributed by atoms with E-state index in [0.29, 0.717) is 42.9 Å². The summed E-state index contributed by atoms with van der Waals surface area (Å²) in [6.07, 6.45) is 1.58. The van der Waals surface area contributed by atoms with Crippen LogP contribution in [0.5, 0.6) is 0 Å². The molecule has 1 amide bonds. The lowest BCUT2D eigenvalue weighted by Crippen LogP contribution is -2.19. The first-order chi connectivity index (χ1) is 14.4. The van der Waals surface area contributed by atoms with Crippen LogP contribution in [0.3, 0.4) is 0 Å². The molecule has 0 radical (unpaired) electrons. The lowest BCUT2D eigenvalue weighted by atomic mass is 10.1. The Morgan fingerprint density at radius 2 is 1.97 bits per heavy atom. The van der Waals surface area contributed by atoms with Crippen molar-refractivity contribution in [1.82, 2.24) is 5.32 Å². The maximum atomic E-state index is 12.3. The van der Waals surface area contributed by atoms with Crippen molar-refractivity contribution in [2.75, 3.05) is 0 Å². The molecule has 1 aromatic heterocycles. The van der Waals surface area contributed by atoms with Gasteiger partial charge in [-0.05, 0) is 60.3 Å². The summed E-state index contributed by atoms with van der Waals surface area (Å²) in [4.78, 5) is 28.2. The molecule has 0 spiro atoms. The van der Waals surface area contributed by atoms with Crippen LogP contribution in [0.2, 0.25) is 10.0 Å². The van der Waals surface area contributed by atoms with Crippen molar-refractivity contribution in [1.29, 1.82) is 0 Å². The summed E-state index contributed by atoms with van der Waals surface area (Å²) in [7, 11) is 0. The zero-order chi connectivity index (χ0) is 21.3. The number of aromatic carboxylic acids is 1. The van der Waals surface area contributed by atoms with E-state index in [9.17, 15) is 9.59 Å². The Bertz CT molecular complexity index is 1230. The number of rotatable bonds is 4. The first-order valence-electron chi connectivity index (χ1n) is 8.57. The second kappa shape index (κ2) is 8.39. The molecule has 4 rings (SSSR count). The van der Waals surface area contributed by atoms with Crippen molar-refractivity contribution < 1.29 is 19.1 Å². The van der Waals surface area contributed by atoms with Gasteiger partial charge in [0.15, 0.2) is 5.17 Å². The van der Waals surface area contributed by atoms with Crippen LogP contribution in [0.25, 0.3) is 17.4 Å². The summed E-state index contributed by atoms with van der Waals surface area (Å²) in [5.74, 6) is -0.549. The van der Waals surface area contributed by atoms with Crippen LogP contribution >= 0.6 is 35.0 Å². The average molecular weight is 459 g/mol. The van der Waals surface area contributed by atoms with Gasteiger partial charge in [0, 0.05) is 16.7 Å². The average Bonchev–Trinajstić information content (AvgIpc) is 3.29. The highest BCUT2D eigenvalue weighted by atomic mass is 35.5. The van der Waals surface area contributed by atoms with E-state index in [-0.39, 0.29) is 11.5 Å². The molecule has 9 heteroatoms. The Labute approximate surface area is 185 Å². The van der Waals surface area contributed by atoms with Gasteiger partial charge in [0.05, 0.1) is 21.2 Å². The minimum Gasteiger partial charge on any atom is -0.478 e. The smallest absolute Gasteiger partial charge is 0.335 e. The molecule has 2 aromatic carbocycles. The Hall–Kier alpha value is -3.00. The standard InChI is InChI=1S/C21H12Cl2N2O4S/c22-12-2-1-3-13(9-12)24-21-25-19(26)18(30-21)10-14-5-7-17(29-14)15-8-11(20(27)28)4-6-16(15)23/h1-10H,(H,27,28)(H,24,25,26)/b18-10-. The van der Waals surface area contributed by atoms with Crippen LogP contribution < -0.4 is 5.32 Å². The number of carbonyl (C=O) groups is 2. The van der Waals surface area contributed by atoms with Gasteiger partial charge in [0.2, 0.25) is 0 Å². The van der Waals surface area contributed by atoms with Crippen molar-refractivity contribution in [3.05, 3.63) is 80.9 Å². The minimum absolute atomic E-state index is 0.0956. The molecular weight excluding hydrogens is 447 g/mol. The van der Waals surface area contributed by atoms with Gasteiger partial charge in [0.1, 0.15) is 11.5 Å². The lowest BCUT2D eigenvalue weighted by molar-refractivity contribution is -0.115. The minimum atomic E-state index is -1.06. The van der Waals surface area contributed by atoms with Crippen LogP contribution in [-0.2, 0) is 4.79 Å². The van der Waals surface area contributed by atoms with Crippen molar-refractivity contribution >= 4 is 63.8 Å². The van der Waals surface area contributed by atoms with Gasteiger partial charge >= 0.3 is 5.97 Å². The SMILES string of the molecule is O=C1NC(=Nc2cccc(Cl)c2)S/C1=C\c1ccc(-c2cc(C(=O)O)ccc2Cl)o1. The molecule has 1 aliphatic rings. The van der Waals surface area contributed by atoms with Gasteiger partial charge in [-0.2, -0.15) is 0 Å². The Morgan fingerprint density at radius 1 is 1.13 bits per heavy atom. The first kappa shape index (κ1) is 20.3. The number of amidine groups is 1. The number of nitrogens with one attached hydrogen (secondary N) is 1. The molecule has 0 saturated carbocycles. The number of amides is 1. The third-order valence-corrected chi connectivity index (χ3v) is 5.54. The number of hydrogen-bond donors (Lipinski definition) is 2. The second-order valence-electron chi connectivity index (χ2n) is 6.16. The molecule has 1 saturated heterocycles. The zero-order valence-electron chi connectivity index (χ0n) is 15.1.